The molecule has 2 aliphatic heterocycles. The van der Waals surface area contributed by atoms with Gasteiger partial charge in [0.25, 0.3) is 0 Å². The van der Waals surface area contributed by atoms with E-state index in [1.165, 1.54) is 12.7 Å². The Morgan fingerprint density at radius 3 is 2.28 bits per heavy atom. The Kier molecular flexibility index (Phi) is 12.6. The van der Waals surface area contributed by atoms with E-state index >= 15 is 0 Å². The zero-order chi connectivity index (χ0) is 38.3. The molecular formula is C44H51MgN4O5-. The van der Waals surface area contributed by atoms with Gasteiger partial charge in [-0.3, -0.25) is 14.4 Å². The number of esters is 2. The standard InChI is InChI=1S/C44H52N4O5.Mg/c1-11-29-26(7)33-20-34-27(8)30(15-16-37(49)53-18-17-23(4)14-12-13-22(2)3)41(47-34)39-40(44(51)52-10)43(50)38-28(9)35(48-42(38)39)19-31-24(5)25(6)32(45-31)21-36(29)46-33;/h11,17,19-22,27,30,40,45H,1,12-16,18H2,2-10H3,(H-,47,48,50);/q-2;+2/p-1/b23-17+,31-19-,32-21-,34-20-;/t27-,30-,40+;/m0./s1. The monoisotopic (exact) mass is 739 g/mol. The number of Topliss-reactive ketones (excluding diaryl/α,β-unsaturated/α-hetero) is 1. The van der Waals surface area contributed by atoms with E-state index in [0.717, 1.165) is 69.3 Å². The molecule has 3 aromatic rings. The summed E-state index contributed by atoms with van der Waals surface area (Å²) in [5.74, 6) is -2.34. The number of rotatable bonds is 11. The molecule has 0 aromatic carbocycles. The predicted octanol–water partition coefficient (Wildman–Crippen LogP) is 6.87. The topological polar surface area (TPSA) is 128 Å². The van der Waals surface area contributed by atoms with Crippen LogP contribution in [-0.4, -0.2) is 59.5 Å². The molecule has 280 valence electrons. The molecule has 0 radical (unpaired) electrons. The van der Waals surface area contributed by atoms with Crippen molar-refractivity contribution in [3.63, 3.8) is 0 Å². The fourth-order valence-electron chi connectivity index (χ4n) is 7.87. The first-order valence-electron chi connectivity index (χ1n) is 18.7. The third-order valence-electron chi connectivity index (χ3n) is 11.3. The fourth-order valence-corrected chi connectivity index (χ4v) is 7.87. The van der Waals surface area contributed by atoms with Crippen LogP contribution in [-0.2, 0) is 19.1 Å². The zero-order valence-electron chi connectivity index (χ0n) is 33.2. The summed E-state index contributed by atoms with van der Waals surface area (Å²) >= 11 is 0. The molecule has 0 unspecified atom stereocenters. The molecule has 0 amide bonds. The predicted molar refractivity (Wildman–Crippen MR) is 215 cm³/mol. The Hall–Kier alpha value is -4.28. The largest absolute Gasteiger partial charge is 2.00 e. The molecule has 3 atom stereocenters. The van der Waals surface area contributed by atoms with Crippen LogP contribution in [0.3, 0.4) is 0 Å². The summed E-state index contributed by atoms with van der Waals surface area (Å²) in [7, 11) is 1.29. The van der Waals surface area contributed by atoms with Gasteiger partial charge in [-0.2, -0.15) is 11.4 Å². The Morgan fingerprint density at radius 1 is 0.963 bits per heavy atom. The minimum Gasteiger partial charge on any atom is -0.664 e. The van der Waals surface area contributed by atoms with Crippen molar-refractivity contribution < 1.29 is 23.9 Å². The minimum atomic E-state index is -1.21. The molecule has 1 N–H and O–H groups in total. The van der Waals surface area contributed by atoms with Gasteiger partial charge in [0.1, 0.15) is 12.5 Å². The summed E-state index contributed by atoms with van der Waals surface area (Å²) in [6, 6.07) is 0. The van der Waals surface area contributed by atoms with E-state index in [2.05, 4.69) is 53.1 Å². The molecule has 8 bridgehead atoms. The zero-order valence-corrected chi connectivity index (χ0v) is 34.7. The molecule has 10 heteroatoms. The first-order chi connectivity index (χ1) is 25.2. The molecule has 1 saturated heterocycles. The third-order valence-corrected chi connectivity index (χ3v) is 11.3. The van der Waals surface area contributed by atoms with E-state index in [1.807, 2.05) is 44.2 Å². The summed E-state index contributed by atoms with van der Waals surface area (Å²) in [4.78, 5) is 54.4. The normalized spacial score (nSPS) is 22.4. The number of fused-ring (bicyclic) bond motifs is 7. The number of aromatic amines is 1. The number of methoxy groups -OCH3 is 1. The van der Waals surface area contributed by atoms with Crippen molar-refractivity contribution in [3.8, 4) is 0 Å². The van der Waals surface area contributed by atoms with Crippen LogP contribution in [0.5, 0.6) is 0 Å². The van der Waals surface area contributed by atoms with E-state index in [1.54, 1.807) is 0 Å². The average Bonchev–Trinajstić information content (AvgIpc) is 3.85. The molecular weight excluding hydrogens is 689 g/mol. The number of ether oxygens (including phenoxy) is 2. The maximum atomic E-state index is 14.2. The van der Waals surface area contributed by atoms with Gasteiger partial charge in [-0.1, -0.05) is 80.3 Å². The average molecular weight is 740 g/mol. The van der Waals surface area contributed by atoms with Gasteiger partial charge in [-0.05, 0) is 94.4 Å². The quantitative estimate of drug-likeness (QED) is 0.0985. The van der Waals surface area contributed by atoms with Gasteiger partial charge >= 0.3 is 35.0 Å². The number of ketones is 1. The van der Waals surface area contributed by atoms with Crippen LogP contribution in [0.25, 0.3) is 35.2 Å². The smallest absolute Gasteiger partial charge is 0.664 e. The van der Waals surface area contributed by atoms with E-state index in [-0.39, 0.29) is 59.7 Å². The SMILES string of the molecule is C=Cc1c2[n-]c(c1C)/C=C1\[N-]/C(=C3\c4[n-]c(c(C)c4C(=O)[C@@H]3C(=O)OC)/C=c3\[nH]/c(c(C)c3C)=C\2)[C@@H](CCC(=O)OC/C=C(\C)CCCC(C)C)[C@@H]1C.[Mg+2]. The molecule has 3 aromatic heterocycles. The van der Waals surface area contributed by atoms with Crippen LogP contribution >= 0.6 is 0 Å². The van der Waals surface area contributed by atoms with Crippen LogP contribution in [0, 0.1) is 51.4 Å². The van der Waals surface area contributed by atoms with Gasteiger partial charge in [-0.25, -0.2) is 0 Å². The number of carbonyl (C=O) groups excluding carboxylic acids is 3. The fraction of sp³-hybridized carbons (Fsp3) is 0.432. The van der Waals surface area contributed by atoms with Crippen LogP contribution < -0.4 is 20.7 Å². The van der Waals surface area contributed by atoms with Gasteiger partial charge in [0, 0.05) is 22.7 Å². The Morgan fingerprint density at radius 2 is 1.63 bits per heavy atom. The second kappa shape index (κ2) is 16.6. The van der Waals surface area contributed by atoms with Crippen LogP contribution in [0.2, 0.25) is 0 Å². The number of carbonyl (C=O) groups is 3. The second-order valence-electron chi connectivity index (χ2n) is 15.2. The molecule has 1 fully saturated rings. The molecule has 1 aliphatic carbocycles. The van der Waals surface area contributed by atoms with Gasteiger partial charge in [0.2, 0.25) is 0 Å². The summed E-state index contributed by atoms with van der Waals surface area (Å²) in [6.45, 7) is 20.9. The number of hydrogen-bond donors (Lipinski definition) is 1. The molecule has 5 heterocycles. The number of hydrogen-bond acceptors (Lipinski definition) is 5. The van der Waals surface area contributed by atoms with Gasteiger partial charge in [0.05, 0.1) is 7.11 Å². The van der Waals surface area contributed by atoms with Crippen LogP contribution in [0.1, 0.15) is 121 Å². The Balaban J connectivity index is 0.00000561. The summed E-state index contributed by atoms with van der Waals surface area (Å²) < 4.78 is 10.9. The summed E-state index contributed by atoms with van der Waals surface area (Å²) in [6.07, 6.45) is 13.6. The number of aromatic nitrogens is 3. The van der Waals surface area contributed by atoms with E-state index < -0.39 is 11.9 Å². The van der Waals surface area contributed by atoms with Crippen molar-refractivity contribution in [2.45, 2.75) is 87.5 Å². The van der Waals surface area contributed by atoms with Gasteiger partial charge in [-0.15, -0.1) is 22.8 Å². The number of H-pyrrole nitrogens is 1. The maximum Gasteiger partial charge on any atom is 2.00 e. The van der Waals surface area contributed by atoms with Crippen molar-refractivity contribution in [1.29, 1.82) is 0 Å². The van der Waals surface area contributed by atoms with Crippen molar-refractivity contribution in [1.82, 2.24) is 15.0 Å². The first kappa shape index (κ1) is 40.9. The maximum absolute atomic E-state index is 14.2. The molecule has 0 spiro atoms. The number of nitrogens with one attached hydrogen (secondary N) is 1. The van der Waals surface area contributed by atoms with Crippen molar-refractivity contribution in [2.24, 2.45) is 23.7 Å². The van der Waals surface area contributed by atoms with Crippen LogP contribution in [0.15, 0.2) is 29.6 Å². The molecule has 9 nitrogen and oxygen atoms in total. The molecule has 0 saturated carbocycles. The van der Waals surface area contributed by atoms with E-state index in [0.29, 0.717) is 46.1 Å². The summed E-state index contributed by atoms with van der Waals surface area (Å²) in [5, 5.41) is 6.98. The molecule has 6 rings (SSSR count). The number of nitrogens with zero attached hydrogens (tertiary/aromatic N) is 3. The van der Waals surface area contributed by atoms with Crippen molar-refractivity contribution >= 4 is 70.7 Å². The van der Waals surface area contributed by atoms with Crippen LogP contribution in [0.4, 0.5) is 0 Å². The van der Waals surface area contributed by atoms with E-state index in [4.69, 9.17) is 24.8 Å². The van der Waals surface area contributed by atoms with E-state index in [9.17, 15) is 14.4 Å². The Labute approximate surface area is 334 Å². The second-order valence-corrected chi connectivity index (χ2v) is 15.2. The van der Waals surface area contributed by atoms with Gasteiger partial charge in [0.15, 0.2) is 5.78 Å². The van der Waals surface area contributed by atoms with Gasteiger partial charge < -0.3 is 29.7 Å². The number of allylic oxidation sites excluding steroid dienone is 3. The first-order valence-corrected chi connectivity index (χ1v) is 18.7. The Bertz CT molecular complexity index is 2220. The minimum absolute atomic E-state index is 0. The van der Waals surface area contributed by atoms with Crippen molar-refractivity contribution in [3.05, 3.63) is 102 Å². The molecule has 54 heavy (non-hydrogen) atoms. The summed E-state index contributed by atoms with van der Waals surface area (Å²) in [5.41, 5.74) is 10.8. The van der Waals surface area contributed by atoms with Crippen molar-refractivity contribution in [2.75, 3.05) is 13.7 Å². The third kappa shape index (κ3) is 7.64. The molecule has 3 aliphatic rings.